The van der Waals surface area contributed by atoms with E-state index in [2.05, 4.69) is 0 Å². The Labute approximate surface area is 82.9 Å². The third-order valence-corrected chi connectivity index (χ3v) is 3.42. The number of hydrogen-bond donors (Lipinski definition) is 1. The SMILES string of the molecule is O=C1CCC[C@@H]2CN(C(=O)O)CC[C@H]12. The van der Waals surface area contributed by atoms with Crippen LogP contribution < -0.4 is 0 Å². The molecule has 0 spiro atoms. The second-order valence-electron chi connectivity index (χ2n) is 4.24. The summed E-state index contributed by atoms with van der Waals surface area (Å²) in [6.45, 7) is 1.09. The fourth-order valence-corrected chi connectivity index (χ4v) is 2.65. The Kier molecular flexibility index (Phi) is 2.44. The van der Waals surface area contributed by atoms with Gasteiger partial charge < -0.3 is 10.0 Å². The van der Waals surface area contributed by atoms with Crippen LogP contribution in [0.1, 0.15) is 25.7 Å². The number of likely N-dealkylation sites (tertiary alicyclic amines) is 1. The molecule has 2 rings (SSSR count). The van der Waals surface area contributed by atoms with Crippen molar-refractivity contribution in [3.8, 4) is 0 Å². The highest BCUT2D eigenvalue weighted by molar-refractivity contribution is 5.82. The predicted molar refractivity (Wildman–Crippen MR) is 50.1 cm³/mol. The van der Waals surface area contributed by atoms with Gasteiger partial charge in [-0.2, -0.15) is 0 Å². The summed E-state index contributed by atoms with van der Waals surface area (Å²) >= 11 is 0. The monoisotopic (exact) mass is 197 g/mol. The molecule has 1 saturated heterocycles. The van der Waals surface area contributed by atoms with Crippen LogP contribution in [-0.2, 0) is 4.79 Å². The lowest BCUT2D eigenvalue weighted by Crippen LogP contribution is -2.46. The standard InChI is InChI=1S/C10H15NO3/c12-9-3-1-2-7-6-11(10(13)14)5-4-8(7)9/h7-8H,1-6H2,(H,13,14)/t7-,8+/m1/s1. The Hall–Kier alpha value is -1.06. The summed E-state index contributed by atoms with van der Waals surface area (Å²) in [6, 6.07) is 0. The average Bonchev–Trinajstić information content (AvgIpc) is 2.17. The minimum absolute atomic E-state index is 0.152. The molecule has 4 heteroatoms. The number of piperidine rings is 1. The molecule has 0 aromatic heterocycles. The molecule has 1 heterocycles. The first-order valence-electron chi connectivity index (χ1n) is 5.19. The third-order valence-electron chi connectivity index (χ3n) is 3.42. The average molecular weight is 197 g/mol. The molecule has 2 aliphatic rings. The summed E-state index contributed by atoms with van der Waals surface area (Å²) in [6.07, 6.45) is 2.54. The maximum Gasteiger partial charge on any atom is 0.407 e. The topological polar surface area (TPSA) is 57.6 Å². The highest BCUT2D eigenvalue weighted by Gasteiger charge is 2.37. The van der Waals surface area contributed by atoms with E-state index in [-0.39, 0.29) is 5.92 Å². The zero-order chi connectivity index (χ0) is 10.1. The van der Waals surface area contributed by atoms with Crippen molar-refractivity contribution in [3.63, 3.8) is 0 Å². The van der Waals surface area contributed by atoms with Gasteiger partial charge in [-0.05, 0) is 25.2 Å². The van der Waals surface area contributed by atoms with Crippen LogP contribution in [0, 0.1) is 11.8 Å². The van der Waals surface area contributed by atoms with Crippen LogP contribution in [0.3, 0.4) is 0 Å². The van der Waals surface area contributed by atoms with E-state index in [0.29, 0.717) is 31.2 Å². The van der Waals surface area contributed by atoms with Crippen LogP contribution >= 0.6 is 0 Å². The summed E-state index contributed by atoms with van der Waals surface area (Å²) < 4.78 is 0. The van der Waals surface area contributed by atoms with Gasteiger partial charge in [0.1, 0.15) is 5.78 Å². The number of carbonyl (C=O) groups excluding carboxylic acids is 1. The van der Waals surface area contributed by atoms with E-state index in [4.69, 9.17) is 5.11 Å². The van der Waals surface area contributed by atoms with Crippen molar-refractivity contribution in [2.24, 2.45) is 11.8 Å². The van der Waals surface area contributed by atoms with Crippen LogP contribution in [0.5, 0.6) is 0 Å². The lowest BCUT2D eigenvalue weighted by Gasteiger charge is -2.39. The van der Waals surface area contributed by atoms with Crippen molar-refractivity contribution in [1.82, 2.24) is 4.90 Å². The Morgan fingerprint density at radius 3 is 2.93 bits per heavy atom. The fourth-order valence-electron chi connectivity index (χ4n) is 2.65. The Bertz CT molecular complexity index is 264. The highest BCUT2D eigenvalue weighted by atomic mass is 16.4. The number of Topliss-reactive ketones (excluding diaryl/α,β-unsaturated/α-hetero) is 1. The molecule has 78 valence electrons. The first-order chi connectivity index (χ1) is 6.68. The molecule has 0 aromatic rings. The molecular formula is C10H15NO3. The van der Waals surface area contributed by atoms with Crippen molar-refractivity contribution < 1.29 is 14.7 Å². The molecular weight excluding hydrogens is 182 g/mol. The second kappa shape index (κ2) is 3.59. The normalized spacial score (nSPS) is 32.6. The first kappa shape index (κ1) is 9.49. The van der Waals surface area contributed by atoms with E-state index in [1.54, 1.807) is 0 Å². The van der Waals surface area contributed by atoms with Gasteiger partial charge in [-0.3, -0.25) is 4.79 Å². The quantitative estimate of drug-likeness (QED) is 0.637. The molecule has 2 atom stereocenters. The molecule has 1 amide bonds. The van der Waals surface area contributed by atoms with Crippen LogP contribution in [0.2, 0.25) is 0 Å². The molecule has 1 aliphatic carbocycles. The molecule has 1 N–H and O–H groups in total. The van der Waals surface area contributed by atoms with Gasteiger partial charge in [-0.15, -0.1) is 0 Å². The largest absolute Gasteiger partial charge is 0.465 e. The van der Waals surface area contributed by atoms with Crippen LogP contribution in [0.25, 0.3) is 0 Å². The number of carboxylic acid groups (broad SMARTS) is 1. The van der Waals surface area contributed by atoms with Gasteiger partial charge in [-0.1, -0.05) is 0 Å². The Balaban J connectivity index is 2.03. The maximum atomic E-state index is 11.5. The molecule has 0 bridgehead atoms. The second-order valence-corrected chi connectivity index (χ2v) is 4.24. The number of carbonyl (C=O) groups is 2. The van der Waals surface area contributed by atoms with Crippen molar-refractivity contribution in [2.75, 3.05) is 13.1 Å². The van der Waals surface area contributed by atoms with Crippen LogP contribution in [0.4, 0.5) is 4.79 Å². The number of rotatable bonds is 0. The molecule has 14 heavy (non-hydrogen) atoms. The van der Waals surface area contributed by atoms with Crippen molar-refractivity contribution in [3.05, 3.63) is 0 Å². The molecule has 2 fully saturated rings. The van der Waals surface area contributed by atoms with Gasteiger partial charge >= 0.3 is 6.09 Å². The van der Waals surface area contributed by atoms with E-state index >= 15 is 0 Å². The van der Waals surface area contributed by atoms with Gasteiger partial charge in [0, 0.05) is 25.4 Å². The third kappa shape index (κ3) is 1.61. The van der Waals surface area contributed by atoms with Gasteiger partial charge in [0.05, 0.1) is 0 Å². The summed E-state index contributed by atoms with van der Waals surface area (Å²) in [5.74, 6) is 0.798. The van der Waals surface area contributed by atoms with Crippen LogP contribution in [0.15, 0.2) is 0 Å². The van der Waals surface area contributed by atoms with Gasteiger partial charge in [0.25, 0.3) is 0 Å². The molecule has 1 saturated carbocycles. The zero-order valence-corrected chi connectivity index (χ0v) is 8.11. The zero-order valence-electron chi connectivity index (χ0n) is 8.11. The lowest BCUT2D eigenvalue weighted by atomic mass is 9.74. The Morgan fingerprint density at radius 1 is 1.43 bits per heavy atom. The van der Waals surface area contributed by atoms with E-state index in [1.165, 1.54) is 4.90 Å². The molecule has 0 unspecified atom stereocenters. The van der Waals surface area contributed by atoms with Gasteiger partial charge in [0.15, 0.2) is 0 Å². The van der Waals surface area contributed by atoms with E-state index in [0.717, 1.165) is 19.3 Å². The molecule has 0 radical (unpaired) electrons. The molecule has 0 aromatic carbocycles. The minimum Gasteiger partial charge on any atom is -0.465 e. The highest BCUT2D eigenvalue weighted by Crippen LogP contribution is 2.33. The summed E-state index contributed by atoms with van der Waals surface area (Å²) in [5, 5.41) is 8.84. The summed E-state index contributed by atoms with van der Waals surface area (Å²) in [4.78, 5) is 23.7. The van der Waals surface area contributed by atoms with Gasteiger partial charge in [-0.25, -0.2) is 4.79 Å². The molecule has 1 aliphatic heterocycles. The minimum atomic E-state index is -0.846. The van der Waals surface area contributed by atoms with Crippen LogP contribution in [-0.4, -0.2) is 35.0 Å². The van der Waals surface area contributed by atoms with E-state index < -0.39 is 6.09 Å². The summed E-state index contributed by atoms with van der Waals surface area (Å²) in [7, 11) is 0. The predicted octanol–water partition coefficient (Wildman–Crippen LogP) is 1.36. The molecule has 4 nitrogen and oxygen atoms in total. The first-order valence-corrected chi connectivity index (χ1v) is 5.19. The summed E-state index contributed by atoms with van der Waals surface area (Å²) in [5.41, 5.74) is 0. The van der Waals surface area contributed by atoms with E-state index in [9.17, 15) is 9.59 Å². The number of ketones is 1. The van der Waals surface area contributed by atoms with Crippen molar-refractivity contribution in [1.29, 1.82) is 0 Å². The number of hydrogen-bond acceptors (Lipinski definition) is 2. The number of amides is 1. The number of nitrogens with zero attached hydrogens (tertiary/aromatic N) is 1. The van der Waals surface area contributed by atoms with Crippen molar-refractivity contribution in [2.45, 2.75) is 25.7 Å². The van der Waals surface area contributed by atoms with Gasteiger partial charge in [0.2, 0.25) is 0 Å². The smallest absolute Gasteiger partial charge is 0.407 e. The maximum absolute atomic E-state index is 11.5. The Morgan fingerprint density at radius 2 is 2.21 bits per heavy atom. The lowest BCUT2D eigenvalue weighted by molar-refractivity contribution is -0.128. The van der Waals surface area contributed by atoms with Crippen molar-refractivity contribution >= 4 is 11.9 Å². The van der Waals surface area contributed by atoms with E-state index in [1.807, 2.05) is 0 Å². The fraction of sp³-hybridized carbons (Fsp3) is 0.800. The number of fused-ring (bicyclic) bond motifs is 1.